The summed E-state index contributed by atoms with van der Waals surface area (Å²) in [7, 11) is 0. The van der Waals surface area contributed by atoms with Crippen molar-refractivity contribution in [2.45, 2.75) is 38.5 Å². The molecule has 0 aliphatic carbocycles. The van der Waals surface area contributed by atoms with Crippen LogP contribution in [-0.2, 0) is 4.79 Å². The van der Waals surface area contributed by atoms with Crippen molar-refractivity contribution >= 4 is 11.6 Å². The van der Waals surface area contributed by atoms with Gasteiger partial charge in [0.05, 0.1) is 0 Å². The lowest BCUT2D eigenvalue weighted by Crippen LogP contribution is -2.39. The van der Waals surface area contributed by atoms with Gasteiger partial charge in [0.25, 0.3) is 0 Å². The molecule has 20 heavy (non-hydrogen) atoms. The fourth-order valence-electron chi connectivity index (χ4n) is 3.47. The van der Waals surface area contributed by atoms with Gasteiger partial charge in [-0.25, -0.2) is 0 Å². The van der Waals surface area contributed by atoms with Gasteiger partial charge in [-0.1, -0.05) is 31.5 Å². The molecule has 1 amide bonds. The molecule has 3 rings (SSSR count). The highest BCUT2D eigenvalue weighted by Gasteiger charge is 2.28. The minimum absolute atomic E-state index is 0.336. The molecule has 1 aromatic rings. The van der Waals surface area contributed by atoms with Gasteiger partial charge in [-0.15, -0.1) is 0 Å². The van der Waals surface area contributed by atoms with Crippen LogP contribution in [0, 0.1) is 5.92 Å². The molecule has 1 unspecified atom stereocenters. The molecule has 3 nitrogen and oxygen atoms in total. The van der Waals surface area contributed by atoms with Crippen molar-refractivity contribution in [1.29, 1.82) is 0 Å². The fraction of sp³-hybridized carbons (Fsp3) is 0.588. The van der Waals surface area contributed by atoms with Gasteiger partial charge in [-0.2, -0.15) is 0 Å². The molecule has 2 heterocycles. The summed E-state index contributed by atoms with van der Waals surface area (Å²) in [5, 5.41) is 3.40. The SMILES string of the molecule is CCC1CCN(C(=O)CC2CNc3ccccc32)CC1. The third kappa shape index (κ3) is 2.67. The number of carbonyl (C=O) groups is 1. The van der Waals surface area contributed by atoms with Gasteiger partial charge < -0.3 is 10.2 Å². The summed E-state index contributed by atoms with van der Waals surface area (Å²) in [6.45, 7) is 5.07. The minimum Gasteiger partial charge on any atom is -0.384 e. The number of piperidine rings is 1. The molecular formula is C17H24N2O. The van der Waals surface area contributed by atoms with E-state index in [1.807, 2.05) is 6.07 Å². The molecule has 0 saturated carbocycles. The summed E-state index contributed by atoms with van der Waals surface area (Å²) in [5.41, 5.74) is 2.51. The van der Waals surface area contributed by atoms with Crippen molar-refractivity contribution in [3.63, 3.8) is 0 Å². The number of nitrogens with one attached hydrogen (secondary N) is 1. The molecule has 108 valence electrons. The van der Waals surface area contributed by atoms with E-state index in [4.69, 9.17) is 0 Å². The van der Waals surface area contributed by atoms with Crippen LogP contribution in [0.25, 0.3) is 0 Å². The zero-order valence-corrected chi connectivity index (χ0v) is 12.3. The first-order valence-electron chi connectivity index (χ1n) is 7.88. The van der Waals surface area contributed by atoms with Crippen molar-refractivity contribution in [1.82, 2.24) is 4.90 Å². The van der Waals surface area contributed by atoms with E-state index >= 15 is 0 Å². The Bertz CT molecular complexity index is 478. The molecule has 1 N–H and O–H groups in total. The molecule has 0 bridgehead atoms. The van der Waals surface area contributed by atoms with Gasteiger partial charge >= 0.3 is 0 Å². The van der Waals surface area contributed by atoms with Crippen LogP contribution in [0.3, 0.4) is 0 Å². The lowest BCUT2D eigenvalue weighted by Gasteiger charge is -2.32. The molecule has 1 atom stereocenters. The van der Waals surface area contributed by atoms with Gasteiger partial charge in [0.15, 0.2) is 0 Å². The largest absolute Gasteiger partial charge is 0.384 e. The highest BCUT2D eigenvalue weighted by molar-refractivity contribution is 5.78. The van der Waals surface area contributed by atoms with Crippen LogP contribution in [0.2, 0.25) is 0 Å². The number of carbonyl (C=O) groups excluding carboxylic acids is 1. The predicted molar refractivity (Wildman–Crippen MR) is 81.9 cm³/mol. The number of anilines is 1. The molecule has 1 saturated heterocycles. The lowest BCUT2D eigenvalue weighted by atomic mass is 9.93. The monoisotopic (exact) mass is 272 g/mol. The highest BCUT2D eigenvalue weighted by Crippen LogP contribution is 2.34. The number of fused-ring (bicyclic) bond motifs is 1. The topological polar surface area (TPSA) is 32.3 Å². The number of rotatable bonds is 3. The highest BCUT2D eigenvalue weighted by atomic mass is 16.2. The average Bonchev–Trinajstić information content (AvgIpc) is 2.91. The maximum Gasteiger partial charge on any atom is 0.223 e. The van der Waals surface area contributed by atoms with Crippen LogP contribution in [-0.4, -0.2) is 30.4 Å². The standard InChI is InChI=1S/C17H24N2O/c1-2-13-7-9-19(10-8-13)17(20)11-14-12-18-16-6-4-3-5-15(14)16/h3-6,13-14,18H,2,7-12H2,1H3. The van der Waals surface area contributed by atoms with E-state index in [1.165, 1.54) is 30.5 Å². The maximum atomic E-state index is 12.5. The van der Waals surface area contributed by atoms with Crippen molar-refractivity contribution in [3.8, 4) is 0 Å². The first-order chi connectivity index (χ1) is 9.78. The maximum absolute atomic E-state index is 12.5. The van der Waals surface area contributed by atoms with Crippen molar-refractivity contribution < 1.29 is 4.79 Å². The van der Waals surface area contributed by atoms with Crippen LogP contribution in [0.15, 0.2) is 24.3 Å². The molecule has 1 aromatic carbocycles. The normalized spacial score (nSPS) is 22.4. The molecule has 0 spiro atoms. The zero-order chi connectivity index (χ0) is 13.9. The number of hydrogen-bond donors (Lipinski definition) is 1. The van der Waals surface area contributed by atoms with Crippen molar-refractivity contribution in [2.24, 2.45) is 5.92 Å². The molecule has 1 fully saturated rings. The van der Waals surface area contributed by atoms with Gasteiger partial charge in [-0.3, -0.25) is 4.79 Å². The molecule has 0 radical (unpaired) electrons. The zero-order valence-electron chi connectivity index (χ0n) is 12.3. The van der Waals surface area contributed by atoms with Crippen LogP contribution < -0.4 is 5.32 Å². The summed E-state index contributed by atoms with van der Waals surface area (Å²) in [5.74, 6) is 1.51. The van der Waals surface area contributed by atoms with Gasteiger partial charge in [0.1, 0.15) is 0 Å². The van der Waals surface area contributed by atoms with Crippen LogP contribution in [0.1, 0.15) is 44.1 Å². The fourth-order valence-corrected chi connectivity index (χ4v) is 3.47. The van der Waals surface area contributed by atoms with E-state index in [-0.39, 0.29) is 0 Å². The summed E-state index contributed by atoms with van der Waals surface area (Å²) in [4.78, 5) is 14.5. The summed E-state index contributed by atoms with van der Waals surface area (Å²) >= 11 is 0. The Morgan fingerprint density at radius 1 is 1.30 bits per heavy atom. The van der Waals surface area contributed by atoms with E-state index in [2.05, 4.69) is 35.3 Å². The van der Waals surface area contributed by atoms with E-state index < -0.39 is 0 Å². The number of benzene rings is 1. The third-order valence-electron chi connectivity index (χ3n) is 4.91. The summed E-state index contributed by atoms with van der Waals surface area (Å²) in [6.07, 6.45) is 4.27. The number of likely N-dealkylation sites (tertiary alicyclic amines) is 1. The molecule has 2 aliphatic rings. The smallest absolute Gasteiger partial charge is 0.223 e. The Kier molecular flexibility index (Phi) is 3.95. The molecule has 3 heteroatoms. The Labute approximate surface area is 121 Å². The number of hydrogen-bond acceptors (Lipinski definition) is 2. The second-order valence-corrected chi connectivity index (χ2v) is 6.10. The predicted octanol–water partition coefficient (Wildman–Crippen LogP) is 3.23. The Balaban J connectivity index is 1.58. The first-order valence-corrected chi connectivity index (χ1v) is 7.88. The second-order valence-electron chi connectivity index (χ2n) is 6.10. The van der Waals surface area contributed by atoms with E-state index in [9.17, 15) is 4.79 Å². The van der Waals surface area contributed by atoms with Crippen LogP contribution in [0.5, 0.6) is 0 Å². The number of amides is 1. The Morgan fingerprint density at radius 2 is 2.05 bits per heavy atom. The second kappa shape index (κ2) is 5.86. The summed E-state index contributed by atoms with van der Waals surface area (Å²) < 4.78 is 0. The van der Waals surface area contributed by atoms with E-state index in [1.54, 1.807) is 0 Å². The minimum atomic E-state index is 0.336. The van der Waals surface area contributed by atoms with Crippen molar-refractivity contribution in [3.05, 3.63) is 29.8 Å². The van der Waals surface area contributed by atoms with E-state index in [0.717, 1.165) is 25.6 Å². The number of nitrogens with zero attached hydrogens (tertiary/aromatic N) is 1. The van der Waals surface area contributed by atoms with Gasteiger partial charge in [0, 0.05) is 37.7 Å². The average molecular weight is 272 g/mol. The number of para-hydroxylation sites is 1. The Hall–Kier alpha value is -1.51. The van der Waals surface area contributed by atoms with Crippen LogP contribution >= 0.6 is 0 Å². The van der Waals surface area contributed by atoms with Gasteiger partial charge in [-0.05, 0) is 30.4 Å². The lowest BCUT2D eigenvalue weighted by molar-refractivity contribution is -0.132. The summed E-state index contributed by atoms with van der Waals surface area (Å²) in [6, 6.07) is 8.37. The van der Waals surface area contributed by atoms with Crippen LogP contribution in [0.4, 0.5) is 5.69 Å². The van der Waals surface area contributed by atoms with E-state index in [0.29, 0.717) is 18.2 Å². The quantitative estimate of drug-likeness (QED) is 0.916. The van der Waals surface area contributed by atoms with Crippen molar-refractivity contribution in [2.75, 3.05) is 25.0 Å². The van der Waals surface area contributed by atoms with Gasteiger partial charge in [0.2, 0.25) is 5.91 Å². The first kappa shape index (κ1) is 13.5. The molecule has 2 aliphatic heterocycles. The Morgan fingerprint density at radius 3 is 2.80 bits per heavy atom. The molecular weight excluding hydrogens is 248 g/mol. The molecule has 0 aromatic heterocycles. The third-order valence-corrected chi connectivity index (χ3v) is 4.91.